The van der Waals surface area contributed by atoms with Crippen LogP contribution < -0.4 is 10.6 Å². The molecule has 1 fully saturated rings. The predicted octanol–water partition coefficient (Wildman–Crippen LogP) is 2.10. The second-order valence-electron chi connectivity index (χ2n) is 5.07. The van der Waals surface area contributed by atoms with E-state index in [0.29, 0.717) is 18.0 Å². The van der Waals surface area contributed by atoms with E-state index in [1.54, 1.807) is 7.11 Å². The normalized spacial score (nSPS) is 20.5. The van der Waals surface area contributed by atoms with Crippen LogP contribution in [0.5, 0.6) is 0 Å². The largest absolute Gasteiger partial charge is 0.383 e. The Morgan fingerprint density at radius 3 is 2.67 bits per heavy atom. The molecule has 2 rings (SSSR count). The van der Waals surface area contributed by atoms with Crippen molar-refractivity contribution in [1.82, 2.24) is 15.6 Å². The first kappa shape index (κ1) is 20.6. The van der Waals surface area contributed by atoms with Crippen molar-refractivity contribution in [3.8, 4) is 0 Å². The fourth-order valence-electron chi connectivity index (χ4n) is 2.54. The third-order valence-corrected chi connectivity index (χ3v) is 4.52. The number of methoxy groups -OCH3 is 1. The first-order valence-electron chi connectivity index (χ1n) is 6.52. The number of rotatable bonds is 5. The van der Waals surface area contributed by atoms with Crippen LogP contribution in [-0.4, -0.2) is 43.2 Å². The average molecular weight is 356 g/mol. The summed E-state index contributed by atoms with van der Waals surface area (Å²) in [6, 6.07) is 0. The fourth-order valence-corrected chi connectivity index (χ4v) is 3.38. The maximum atomic E-state index is 12.2. The molecule has 1 amide bonds. The van der Waals surface area contributed by atoms with Gasteiger partial charge in [0, 0.05) is 13.7 Å². The van der Waals surface area contributed by atoms with Gasteiger partial charge in [-0.3, -0.25) is 4.79 Å². The van der Waals surface area contributed by atoms with Gasteiger partial charge in [0.15, 0.2) is 0 Å². The molecule has 1 aromatic heterocycles. The molecular formula is C13H23Cl2N3O2S. The summed E-state index contributed by atoms with van der Waals surface area (Å²) in [4.78, 5) is 17.2. The van der Waals surface area contributed by atoms with Gasteiger partial charge in [-0.25, -0.2) is 4.98 Å². The molecule has 1 aliphatic heterocycles. The van der Waals surface area contributed by atoms with Crippen LogP contribution in [0.15, 0.2) is 0 Å². The average Bonchev–Trinajstić information content (AvgIpc) is 2.94. The highest BCUT2D eigenvalue weighted by molar-refractivity contribution is 7.13. The highest BCUT2D eigenvalue weighted by atomic mass is 35.5. The fraction of sp³-hybridized carbons (Fsp3) is 0.692. The van der Waals surface area contributed by atoms with E-state index in [1.807, 2.05) is 13.8 Å². The first-order valence-corrected chi connectivity index (χ1v) is 7.34. The maximum Gasteiger partial charge on any atom is 0.263 e. The number of aromatic nitrogens is 1. The molecule has 1 aliphatic rings. The molecule has 122 valence electrons. The molecule has 5 nitrogen and oxygen atoms in total. The third kappa shape index (κ3) is 5.07. The molecule has 21 heavy (non-hydrogen) atoms. The van der Waals surface area contributed by atoms with Gasteiger partial charge in [-0.2, -0.15) is 0 Å². The van der Waals surface area contributed by atoms with Crippen LogP contribution in [0.1, 0.15) is 33.2 Å². The van der Waals surface area contributed by atoms with Crippen molar-refractivity contribution in [3.05, 3.63) is 15.6 Å². The number of carbonyl (C=O) groups is 1. The lowest BCUT2D eigenvalue weighted by molar-refractivity contribution is 0.0895. The molecule has 0 radical (unpaired) electrons. The van der Waals surface area contributed by atoms with Crippen molar-refractivity contribution in [2.24, 2.45) is 0 Å². The van der Waals surface area contributed by atoms with Crippen LogP contribution in [0.2, 0.25) is 0 Å². The number of hydrogen-bond donors (Lipinski definition) is 2. The van der Waals surface area contributed by atoms with E-state index in [4.69, 9.17) is 4.74 Å². The molecule has 0 bridgehead atoms. The number of aryl methyl sites for hydroxylation is 2. The summed E-state index contributed by atoms with van der Waals surface area (Å²) in [6.07, 6.45) is 2.15. The topological polar surface area (TPSA) is 63.2 Å². The molecule has 0 saturated carbocycles. The van der Waals surface area contributed by atoms with E-state index < -0.39 is 0 Å². The molecule has 1 saturated heterocycles. The van der Waals surface area contributed by atoms with Gasteiger partial charge in [0.25, 0.3) is 5.91 Å². The van der Waals surface area contributed by atoms with Crippen LogP contribution in [0.25, 0.3) is 0 Å². The highest BCUT2D eigenvalue weighted by Crippen LogP contribution is 2.20. The second kappa shape index (κ2) is 8.90. The molecule has 8 heteroatoms. The van der Waals surface area contributed by atoms with Gasteiger partial charge < -0.3 is 15.4 Å². The maximum absolute atomic E-state index is 12.2. The smallest absolute Gasteiger partial charge is 0.263 e. The van der Waals surface area contributed by atoms with Crippen molar-refractivity contribution in [2.45, 2.75) is 32.2 Å². The number of ether oxygens (including phenoxy) is 1. The summed E-state index contributed by atoms with van der Waals surface area (Å²) in [5.74, 6) is -0.0349. The van der Waals surface area contributed by atoms with Crippen LogP contribution in [0.3, 0.4) is 0 Å². The zero-order valence-corrected chi connectivity index (χ0v) is 15.0. The number of hydrogen-bond acceptors (Lipinski definition) is 5. The predicted molar refractivity (Wildman–Crippen MR) is 90.3 cm³/mol. The molecule has 0 aliphatic carbocycles. The molecule has 2 heterocycles. The minimum absolute atomic E-state index is 0. The van der Waals surface area contributed by atoms with Crippen molar-refractivity contribution in [1.29, 1.82) is 0 Å². The van der Waals surface area contributed by atoms with Gasteiger partial charge >= 0.3 is 0 Å². The van der Waals surface area contributed by atoms with Gasteiger partial charge in [0.2, 0.25) is 0 Å². The van der Waals surface area contributed by atoms with E-state index >= 15 is 0 Å². The van der Waals surface area contributed by atoms with Crippen LogP contribution in [0.4, 0.5) is 0 Å². The van der Waals surface area contributed by atoms with Crippen LogP contribution >= 0.6 is 36.2 Å². The monoisotopic (exact) mass is 355 g/mol. The minimum atomic E-state index is -0.113. The first-order chi connectivity index (χ1) is 9.06. The Balaban J connectivity index is 0.00000200. The summed E-state index contributed by atoms with van der Waals surface area (Å²) in [5, 5.41) is 7.38. The summed E-state index contributed by atoms with van der Waals surface area (Å²) >= 11 is 1.44. The highest BCUT2D eigenvalue weighted by Gasteiger charge is 2.34. The standard InChI is InChI=1S/C13H21N3O2S.2ClH/c1-9-11(19-10(2)16-9)12(17)14-7-13(8-18-3)5-4-6-15-13;;/h15H,4-8H2,1-3H3,(H,14,17);2*1H. The molecule has 1 atom stereocenters. The lowest BCUT2D eigenvalue weighted by Gasteiger charge is -2.28. The zero-order valence-electron chi connectivity index (χ0n) is 12.5. The third-order valence-electron chi connectivity index (χ3n) is 3.45. The Labute approximate surface area is 142 Å². The molecular weight excluding hydrogens is 333 g/mol. The van der Waals surface area contributed by atoms with Crippen molar-refractivity contribution < 1.29 is 9.53 Å². The summed E-state index contributed by atoms with van der Waals surface area (Å²) in [7, 11) is 1.69. The Bertz CT molecular complexity index is 462. The van der Waals surface area contributed by atoms with Crippen molar-refractivity contribution >= 4 is 42.1 Å². The lowest BCUT2D eigenvalue weighted by atomic mass is 9.98. The number of carbonyl (C=O) groups excluding carboxylic acids is 1. The molecule has 0 spiro atoms. The quantitative estimate of drug-likeness (QED) is 0.848. The Morgan fingerprint density at radius 1 is 1.48 bits per heavy atom. The number of thiazole rings is 1. The molecule has 1 unspecified atom stereocenters. The van der Waals surface area contributed by atoms with Gasteiger partial charge in [-0.05, 0) is 33.2 Å². The van der Waals surface area contributed by atoms with Crippen LogP contribution in [-0.2, 0) is 4.74 Å². The summed E-state index contributed by atoms with van der Waals surface area (Å²) in [6.45, 7) is 5.98. The van der Waals surface area contributed by atoms with Gasteiger partial charge in [0.05, 0.1) is 22.8 Å². The lowest BCUT2D eigenvalue weighted by Crippen LogP contribution is -2.52. The number of nitrogens with one attached hydrogen (secondary N) is 2. The molecule has 0 aromatic carbocycles. The zero-order chi connectivity index (χ0) is 13.9. The van der Waals surface area contributed by atoms with Crippen molar-refractivity contribution in [3.63, 3.8) is 0 Å². The van der Waals surface area contributed by atoms with Gasteiger partial charge in [-0.15, -0.1) is 36.2 Å². The molecule has 1 aromatic rings. The minimum Gasteiger partial charge on any atom is -0.383 e. The number of nitrogens with zero attached hydrogens (tertiary/aromatic N) is 1. The Morgan fingerprint density at radius 2 is 2.19 bits per heavy atom. The summed E-state index contributed by atoms with van der Waals surface area (Å²) < 4.78 is 5.27. The van der Waals surface area contributed by atoms with E-state index in [1.165, 1.54) is 11.3 Å². The number of halogens is 2. The van der Waals surface area contributed by atoms with E-state index in [9.17, 15) is 4.79 Å². The van der Waals surface area contributed by atoms with E-state index in [-0.39, 0.29) is 36.3 Å². The van der Waals surface area contributed by atoms with Crippen LogP contribution in [0, 0.1) is 13.8 Å². The second-order valence-corrected chi connectivity index (χ2v) is 6.28. The van der Waals surface area contributed by atoms with E-state index in [2.05, 4.69) is 15.6 Å². The summed E-state index contributed by atoms with van der Waals surface area (Å²) in [5.41, 5.74) is 0.693. The Kier molecular flexibility index (Phi) is 8.73. The SMILES string of the molecule is COCC1(CNC(=O)c2sc(C)nc2C)CCCN1.Cl.Cl. The molecule has 2 N–H and O–H groups in total. The van der Waals surface area contributed by atoms with E-state index in [0.717, 1.165) is 30.1 Å². The van der Waals surface area contributed by atoms with Gasteiger partial charge in [0.1, 0.15) is 4.88 Å². The number of amides is 1. The Hall–Kier alpha value is -0.400. The van der Waals surface area contributed by atoms with Gasteiger partial charge in [-0.1, -0.05) is 0 Å². The van der Waals surface area contributed by atoms with Crippen molar-refractivity contribution in [2.75, 3.05) is 26.8 Å².